The summed E-state index contributed by atoms with van der Waals surface area (Å²) < 4.78 is 44.3. The summed E-state index contributed by atoms with van der Waals surface area (Å²) >= 11 is 0. The molecule has 0 bridgehead atoms. The van der Waals surface area contributed by atoms with Gasteiger partial charge >= 0.3 is 13.7 Å². The first kappa shape index (κ1) is 30.1. The van der Waals surface area contributed by atoms with Crippen LogP contribution in [0.2, 0.25) is 5.82 Å². The van der Waals surface area contributed by atoms with Crippen molar-refractivity contribution in [1.29, 1.82) is 0 Å². The number of nitrogens with zero attached hydrogens (tertiary/aromatic N) is 2. The van der Waals surface area contributed by atoms with E-state index in [2.05, 4.69) is 15.6 Å². The van der Waals surface area contributed by atoms with Crippen molar-refractivity contribution in [3.63, 3.8) is 0 Å². The van der Waals surface area contributed by atoms with Crippen molar-refractivity contribution in [1.82, 2.24) is 15.2 Å². The van der Waals surface area contributed by atoms with Crippen LogP contribution in [-0.2, 0) is 26.8 Å². The number of hydrogen-bond donors (Lipinski definition) is 3. The van der Waals surface area contributed by atoms with E-state index in [1.54, 1.807) is 6.07 Å². The first-order valence-electron chi connectivity index (χ1n) is 12.5. The zero-order valence-electron chi connectivity index (χ0n) is 21.9. The van der Waals surface area contributed by atoms with Gasteiger partial charge in [0.15, 0.2) is 0 Å². The van der Waals surface area contributed by atoms with Gasteiger partial charge in [0.25, 0.3) is 0 Å². The standard InChI is InChI=1S/C27H32BF3N5O3/c1-36(2)13-5-7-22(28-39-17-32)25(37)35-24(14-18-9-11-20(12-10-18)27(29,30)31)26(38)34-21-15-19-6-3-4-8-23(19)33-16-21/h3-4,6,8-12,15-16,22,24H,5,7,13-14,17,32H2,1-2H3,(H,34,38)(H,35,37)/t22-,24+/m0/s1. The van der Waals surface area contributed by atoms with Gasteiger partial charge in [-0.15, -0.1) is 0 Å². The fourth-order valence-corrected chi connectivity index (χ4v) is 3.98. The first-order chi connectivity index (χ1) is 18.6. The summed E-state index contributed by atoms with van der Waals surface area (Å²) in [7, 11) is 5.19. The Morgan fingerprint density at radius 1 is 1.10 bits per heavy atom. The summed E-state index contributed by atoms with van der Waals surface area (Å²) in [5.74, 6) is -1.67. The molecule has 3 rings (SSSR count). The topological polar surface area (TPSA) is 110 Å². The van der Waals surface area contributed by atoms with Gasteiger partial charge in [-0.2, -0.15) is 13.2 Å². The van der Waals surface area contributed by atoms with E-state index < -0.39 is 35.4 Å². The fraction of sp³-hybridized carbons (Fsp3) is 0.370. The molecule has 0 aliphatic rings. The molecule has 1 radical (unpaired) electrons. The van der Waals surface area contributed by atoms with E-state index in [4.69, 9.17) is 10.4 Å². The van der Waals surface area contributed by atoms with Crippen LogP contribution in [0.25, 0.3) is 10.9 Å². The molecule has 0 spiro atoms. The maximum Gasteiger partial charge on any atom is 0.416 e. The average molecular weight is 542 g/mol. The molecular weight excluding hydrogens is 510 g/mol. The minimum absolute atomic E-state index is 0.0289. The number of amides is 2. The van der Waals surface area contributed by atoms with Gasteiger partial charge in [-0.25, -0.2) is 0 Å². The Morgan fingerprint density at radius 2 is 1.82 bits per heavy atom. The number of para-hydroxylation sites is 1. The summed E-state index contributed by atoms with van der Waals surface area (Å²) in [6, 6.07) is 12.6. The van der Waals surface area contributed by atoms with E-state index >= 15 is 0 Å². The number of rotatable bonds is 13. The second-order valence-corrected chi connectivity index (χ2v) is 9.39. The third-order valence-electron chi connectivity index (χ3n) is 6.03. The van der Waals surface area contributed by atoms with Gasteiger partial charge in [0.05, 0.1) is 29.7 Å². The highest BCUT2D eigenvalue weighted by atomic mass is 19.4. The smallest absolute Gasteiger partial charge is 0.416 e. The van der Waals surface area contributed by atoms with Crippen LogP contribution in [0.1, 0.15) is 24.0 Å². The van der Waals surface area contributed by atoms with Crippen LogP contribution >= 0.6 is 0 Å². The number of nitrogens with one attached hydrogen (secondary N) is 2. The van der Waals surface area contributed by atoms with E-state index in [9.17, 15) is 22.8 Å². The van der Waals surface area contributed by atoms with Gasteiger partial charge in [-0.05, 0) is 63.3 Å². The lowest BCUT2D eigenvalue weighted by Gasteiger charge is -2.23. The van der Waals surface area contributed by atoms with Crippen molar-refractivity contribution < 1.29 is 27.4 Å². The number of nitrogens with two attached hydrogens (primary N) is 1. The van der Waals surface area contributed by atoms with E-state index in [-0.39, 0.29) is 13.2 Å². The minimum Gasteiger partial charge on any atom is -0.428 e. The van der Waals surface area contributed by atoms with Crippen molar-refractivity contribution >= 4 is 35.9 Å². The molecule has 0 aliphatic carbocycles. The fourth-order valence-electron chi connectivity index (χ4n) is 3.98. The summed E-state index contributed by atoms with van der Waals surface area (Å²) in [4.78, 5) is 32.9. The maximum absolute atomic E-state index is 13.4. The predicted molar refractivity (Wildman–Crippen MR) is 145 cm³/mol. The molecule has 8 nitrogen and oxygen atoms in total. The third kappa shape index (κ3) is 9.34. The number of halogens is 3. The molecular formula is C27H32BF3N5O3. The molecule has 4 N–H and O–H groups in total. The number of fused-ring (bicyclic) bond motifs is 1. The van der Waals surface area contributed by atoms with Crippen molar-refractivity contribution in [3.8, 4) is 0 Å². The predicted octanol–water partition coefficient (Wildman–Crippen LogP) is 3.60. The van der Waals surface area contributed by atoms with Crippen LogP contribution in [0.5, 0.6) is 0 Å². The monoisotopic (exact) mass is 542 g/mol. The zero-order chi connectivity index (χ0) is 28.4. The van der Waals surface area contributed by atoms with Crippen LogP contribution in [0.15, 0.2) is 60.8 Å². The molecule has 207 valence electrons. The normalized spacial score (nSPS) is 13.2. The number of carbonyl (C=O) groups is 2. The second kappa shape index (κ2) is 14.1. The van der Waals surface area contributed by atoms with Crippen molar-refractivity contribution in [2.45, 2.75) is 37.3 Å². The molecule has 3 aromatic rings. The Kier molecular flexibility index (Phi) is 10.8. The van der Waals surface area contributed by atoms with Crippen LogP contribution in [0, 0.1) is 0 Å². The van der Waals surface area contributed by atoms with E-state index in [1.165, 1.54) is 25.8 Å². The number of benzene rings is 2. The Labute approximate surface area is 226 Å². The lowest BCUT2D eigenvalue weighted by Crippen LogP contribution is -2.47. The molecule has 0 unspecified atom stereocenters. The number of pyridine rings is 1. The number of aromatic nitrogens is 1. The Balaban J connectivity index is 1.80. The van der Waals surface area contributed by atoms with Crippen molar-refractivity contribution in [3.05, 3.63) is 71.9 Å². The van der Waals surface area contributed by atoms with Gasteiger partial charge in [0.1, 0.15) is 6.04 Å². The van der Waals surface area contributed by atoms with Gasteiger partial charge in [-0.1, -0.05) is 30.3 Å². The second-order valence-electron chi connectivity index (χ2n) is 9.39. The van der Waals surface area contributed by atoms with E-state index in [1.807, 2.05) is 43.3 Å². The molecule has 1 aromatic heterocycles. The zero-order valence-corrected chi connectivity index (χ0v) is 21.9. The highest BCUT2D eigenvalue weighted by molar-refractivity contribution is 6.37. The number of hydrogen-bond acceptors (Lipinski definition) is 6. The van der Waals surface area contributed by atoms with Gasteiger partial charge < -0.3 is 25.9 Å². The highest BCUT2D eigenvalue weighted by Crippen LogP contribution is 2.29. The number of carbonyl (C=O) groups excluding carboxylic acids is 2. The summed E-state index contributed by atoms with van der Waals surface area (Å²) in [6.45, 7) is 0.632. The molecule has 0 fully saturated rings. The molecule has 12 heteroatoms. The lowest BCUT2D eigenvalue weighted by atomic mass is 9.75. The van der Waals surface area contributed by atoms with Crippen LogP contribution < -0.4 is 16.4 Å². The van der Waals surface area contributed by atoms with E-state index in [0.29, 0.717) is 24.1 Å². The summed E-state index contributed by atoms with van der Waals surface area (Å²) in [5, 5.41) is 6.34. The maximum atomic E-state index is 13.4. The number of alkyl halides is 3. The first-order valence-corrected chi connectivity index (χ1v) is 12.5. The molecule has 39 heavy (non-hydrogen) atoms. The molecule has 2 atom stereocenters. The van der Waals surface area contributed by atoms with Crippen molar-refractivity contribution in [2.24, 2.45) is 5.73 Å². The quantitative estimate of drug-likeness (QED) is 0.225. The largest absolute Gasteiger partial charge is 0.428 e. The molecule has 1 heterocycles. The Bertz CT molecular complexity index is 1240. The van der Waals surface area contributed by atoms with E-state index in [0.717, 1.165) is 29.6 Å². The van der Waals surface area contributed by atoms with Gasteiger partial charge in [0.2, 0.25) is 11.8 Å². The number of anilines is 1. The average Bonchev–Trinajstić information content (AvgIpc) is 2.89. The molecule has 2 aromatic carbocycles. The Morgan fingerprint density at radius 3 is 2.49 bits per heavy atom. The highest BCUT2D eigenvalue weighted by Gasteiger charge is 2.31. The molecule has 0 aliphatic heterocycles. The molecule has 0 saturated heterocycles. The van der Waals surface area contributed by atoms with Crippen LogP contribution in [0.3, 0.4) is 0 Å². The summed E-state index contributed by atoms with van der Waals surface area (Å²) in [6.07, 6.45) is -1.87. The Hall–Kier alpha value is -3.48. The lowest BCUT2D eigenvalue weighted by molar-refractivity contribution is -0.137. The SMILES string of the molecule is CN(C)CCC[C@H]([B]OCN)C(=O)N[C@H](Cc1ccc(C(F)(F)F)cc1)C(=O)Nc1cnc2ccccc2c1. The van der Waals surface area contributed by atoms with Crippen molar-refractivity contribution in [2.75, 3.05) is 32.7 Å². The molecule has 0 saturated carbocycles. The van der Waals surface area contributed by atoms with Gasteiger partial charge in [0, 0.05) is 17.6 Å². The molecule has 2 amide bonds. The van der Waals surface area contributed by atoms with Crippen LogP contribution in [0.4, 0.5) is 18.9 Å². The third-order valence-corrected chi connectivity index (χ3v) is 6.03. The van der Waals surface area contributed by atoms with Crippen LogP contribution in [-0.4, -0.2) is 62.6 Å². The summed E-state index contributed by atoms with van der Waals surface area (Å²) in [5.41, 5.74) is 6.26. The minimum atomic E-state index is -4.48. The van der Waals surface area contributed by atoms with Gasteiger partial charge in [-0.3, -0.25) is 14.6 Å².